The van der Waals surface area contributed by atoms with E-state index in [1.165, 1.54) is 19.2 Å². The third kappa shape index (κ3) is 7.96. The first kappa shape index (κ1) is 29.8. The fourth-order valence-corrected chi connectivity index (χ4v) is 5.19. The van der Waals surface area contributed by atoms with Crippen molar-refractivity contribution in [3.63, 3.8) is 0 Å². The molecular weight excluding hydrogens is 527 g/mol. The summed E-state index contributed by atoms with van der Waals surface area (Å²) in [7, 11) is 1.48. The lowest BCUT2D eigenvalue weighted by atomic mass is 10.1. The summed E-state index contributed by atoms with van der Waals surface area (Å²) >= 11 is 0. The van der Waals surface area contributed by atoms with Crippen molar-refractivity contribution in [2.45, 2.75) is 38.0 Å². The third-order valence-corrected chi connectivity index (χ3v) is 7.28. The second-order valence-electron chi connectivity index (χ2n) is 9.97. The molecule has 2 aliphatic heterocycles. The van der Waals surface area contributed by atoms with Crippen molar-refractivity contribution in [1.29, 1.82) is 0 Å². The van der Waals surface area contributed by atoms with Gasteiger partial charge in [0.15, 0.2) is 6.61 Å². The van der Waals surface area contributed by atoms with Crippen molar-refractivity contribution in [3.05, 3.63) is 59.7 Å². The smallest absolute Gasteiger partial charge is 0.416 e. The van der Waals surface area contributed by atoms with Crippen molar-refractivity contribution in [3.8, 4) is 5.75 Å². The van der Waals surface area contributed by atoms with Gasteiger partial charge in [-0.05, 0) is 49.1 Å². The number of methoxy groups -OCH3 is 1. The highest BCUT2D eigenvalue weighted by molar-refractivity contribution is 5.95. The number of carbonyl (C=O) groups excluding carboxylic acids is 2. The fraction of sp³-hybridized carbons (Fsp3) is 0.517. The Morgan fingerprint density at radius 3 is 2.48 bits per heavy atom. The van der Waals surface area contributed by atoms with Gasteiger partial charge in [-0.1, -0.05) is 24.3 Å². The summed E-state index contributed by atoms with van der Waals surface area (Å²) in [5.74, 6) is -0.549. The standard InChI is InChI=1S/C29H36F3N3O5/c1-38-20-28(37)35-13-5-12-33(24-10-16-39-17-11-24)14-15-34(19-22-6-2-3-9-26(22)35)27(36)21-40-25-8-4-7-23(18-25)29(30,31)32/h2-4,6-9,18,24H,5,10-17,19-21H2,1H3. The minimum absolute atomic E-state index is 0.0263. The van der Waals surface area contributed by atoms with E-state index in [4.69, 9.17) is 14.2 Å². The molecule has 2 heterocycles. The fourth-order valence-electron chi connectivity index (χ4n) is 5.19. The summed E-state index contributed by atoms with van der Waals surface area (Å²) in [5.41, 5.74) is 0.661. The van der Waals surface area contributed by atoms with Crippen molar-refractivity contribution in [1.82, 2.24) is 9.80 Å². The number of hydrogen-bond acceptors (Lipinski definition) is 6. The number of alkyl halides is 3. The van der Waals surface area contributed by atoms with Gasteiger partial charge >= 0.3 is 6.18 Å². The van der Waals surface area contributed by atoms with Crippen LogP contribution < -0.4 is 9.64 Å². The van der Waals surface area contributed by atoms with Crippen LogP contribution in [0.5, 0.6) is 5.75 Å². The largest absolute Gasteiger partial charge is 0.484 e. The minimum atomic E-state index is -4.51. The van der Waals surface area contributed by atoms with Gasteiger partial charge in [0.25, 0.3) is 11.8 Å². The summed E-state index contributed by atoms with van der Waals surface area (Å²) in [4.78, 5) is 32.2. The number of para-hydroxylation sites is 1. The van der Waals surface area contributed by atoms with E-state index in [0.717, 1.165) is 43.5 Å². The number of halogens is 3. The maximum atomic E-state index is 13.5. The number of rotatable bonds is 6. The summed E-state index contributed by atoms with van der Waals surface area (Å²) in [6.45, 7) is 3.38. The molecule has 0 atom stereocenters. The van der Waals surface area contributed by atoms with Gasteiger partial charge in [-0.15, -0.1) is 0 Å². The Hall–Kier alpha value is -3.15. The van der Waals surface area contributed by atoms with Gasteiger partial charge in [0, 0.05) is 64.8 Å². The normalized spacial score (nSPS) is 18.1. The molecule has 0 N–H and O–H groups in total. The molecule has 4 rings (SSSR count). The number of amides is 2. The van der Waals surface area contributed by atoms with Crippen molar-refractivity contribution >= 4 is 17.5 Å². The average Bonchev–Trinajstić information content (AvgIpc) is 2.99. The molecule has 2 aliphatic rings. The van der Waals surface area contributed by atoms with E-state index < -0.39 is 18.3 Å². The molecule has 1 fully saturated rings. The molecule has 11 heteroatoms. The molecule has 0 radical (unpaired) electrons. The lowest BCUT2D eigenvalue weighted by Gasteiger charge is -2.35. The second kappa shape index (κ2) is 14.0. The van der Waals surface area contributed by atoms with Crippen molar-refractivity contribution in [2.24, 2.45) is 0 Å². The van der Waals surface area contributed by atoms with Gasteiger partial charge in [-0.25, -0.2) is 0 Å². The van der Waals surface area contributed by atoms with E-state index in [0.29, 0.717) is 44.6 Å². The SMILES string of the molecule is COCC(=O)N1CCCN(C2CCOCC2)CCN(C(=O)COc2cccc(C(F)(F)F)c2)Cc2ccccc21. The number of hydrogen-bond donors (Lipinski definition) is 0. The Kier molecular flexibility index (Phi) is 10.4. The molecule has 2 amide bonds. The van der Waals surface area contributed by atoms with Crippen LogP contribution in [0.15, 0.2) is 48.5 Å². The lowest BCUT2D eigenvalue weighted by Crippen LogP contribution is -2.46. The van der Waals surface area contributed by atoms with E-state index in [1.807, 2.05) is 24.3 Å². The first-order valence-electron chi connectivity index (χ1n) is 13.5. The van der Waals surface area contributed by atoms with Gasteiger partial charge < -0.3 is 24.0 Å². The summed E-state index contributed by atoms with van der Waals surface area (Å²) < 4.78 is 55.6. The lowest BCUT2D eigenvalue weighted by molar-refractivity contribution is -0.137. The summed E-state index contributed by atoms with van der Waals surface area (Å²) in [6.07, 6.45) is -1.99. The summed E-state index contributed by atoms with van der Waals surface area (Å²) in [6, 6.07) is 12.3. The minimum Gasteiger partial charge on any atom is -0.484 e. The maximum Gasteiger partial charge on any atom is 0.416 e. The molecule has 0 saturated carbocycles. The topological polar surface area (TPSA) is 71.6 Å². The molecule has 8 nitrogen and oxygen atoms in total. The molecule has 0 spiro atoms. The first-order valence-corrected chi connectivity index (χ1v) is 13.5. The zero-order valence-corrected chi connectivity index (χ0v) is 22.7. The number of carbonyl (C=O) groups is 2. The van der Waals surface area contributed by atoms with Crippen LogP contribution in [0.1, 0.15) is 30.4 Å². The average molecular weight is 564 g/mol. The van der Waals surface area contributed by atoms with E-state index in [1.54, 1.807) is 9.80 Å². The van der Waals surface area contributed by atoms with Crippen LogP contribution >= 0.6 is 0 Å². The van der Waals surface area contributed by atoms with Gasteiger partial charge in [-0.2, -0.15) is 13.2 Å². The predicted octanol–water partition coefficient (Wildman–Crippen LogP) is 3.98. The van der Waals surface area contributed by atoms with Gasteiger partial charge in [0.2, 0.25) is 0 Å². The highest BCUT2D eigenvalue weighted by atomic mass is 19.4. The maximum absolute atomic E-state index is 13.5. The van der Waals surface area contributed by atoms with E-state index in [9.17, 15) is 22.8 Å². The molecule has 0 bridgehead atoms. The van der Waals surface area contributed by atoms with Crippen LogP contribution in [-0.2, 0) is 31.8 Å². The zero-order valence-electron chi connectivity index (χ0n) is 22.7. The summed E-state index contributed by atoms with van der Waals surface area (Å²) in [5, 5.41) is 0. The molecular formula is C29H36F3N3O5. The molecule has 0 aromatic heterocycles. The number of anilines is 1. The van der Waals surface area contributed by atoms with Crippen molar-refractivity contribution < 1.29 is 37.0 Å². The van der Waals surface area contributed by atoms with Crippen LogP contribution in [0.25, 0.3) is 0 Å². The molecule has 218 valence electrons. The third-order valence-electron chi connectivity index (χ3n) is 7.28. The molecule has 0 unspecified atom stereocenters. The number of benzene rings is 2. The first-order chi connectivity index (χ1) is 19.3. The van der Waals surface area contributed by atoms with E-state index >= 15 is 0 Å². The highest BCUT2D eigenvalue weighted by Gasteiger charge is 2.31. The Labute approximate surface area is 232 Å². The van der Waals surface area contributed by atoms with Crippen LogP contribution in [0.4, 0.5) is 18.9 Å². The Bertz CT molecular complexity index is 1140. The Balaban J connectivity index is 1.57. The monoisotopic (exact) mass is 563 g/mol. The van der Waals surface area contributed by atoms with Gasteiger partial charge in [-0.3, -0.25) is 14.5 Å². The van der Waals surface area contributed by atoms with Gasteiger partial charge in [0.05, 0.1) is 5.56 Å². The number of ether oxygens (including phenoxy) is 3. The van der Waals surface area contributed by atoms with Crippen LogP contribution in [0, 0.1) is 0 Å². The molecule has 2 aromatic rings. The molecule has 1 saturated heterocycles. The predicted molar refractivity (Wildman–Crippen MR) is 143 cm³/mol. The van der Waals surface area contributed by atoms with Gasteiger partial charge in [0.1, 0.15) is 12.4 Å². The molecule has 0 aliphatic carbocycles. The molecule has 2 aromatic carbocycles. The van der Waals surface area contributed by atoms with Crippen molar-refractivity contribution in [2.75, 3.05) is 64.6 Å². The van der Waals surface area contributed by atoms with Crippen LogP contribution in [0.3, 0.4) is 0 Å². The quantitative estimate of drug-likeness (QED) is 0.530. The number of nitrogens with zero attached hydrogens (tertiary/aromatic N) is 3. The van der Waals surface area contributed by atoms with Crippen LogP contribution in [-0.4, -0.2) is 87.4 Å². The Morgan fingerprint density at radius 1 is 0.950 bits per heavy atom. The Morgan fingerprint density at radius 2 is 1.73 bits per heavy atom. The van der Waals surface area contributed by atoms with E-state index in [-0.39, 0.29) is 30.7 Å². The molecule has 40 heavy (non-hydrogen) atoms. The van der Waals surface area contributed by atoms with E-state index in [2.05, 4.69) is 4.90 Å². The van der Waals surface area contributed by atoms with Crippen LogP contribution in [0.2, 0.25) is 0 Å². The number of fused-ring (bicyclic) bond motifs is 1. The highest BCUT2D eigenvalue weighted by Crippen LogP contribution is 2.31. The zero-order chi connectivity index (χ0) is 28.5. The second-order valence-corrected chi connectivity index (χ2v) is 9.97.